The van der Waals surface area contributed by atoms with Gasteiger partial charge in [-0.1, -0.05) is 0 Å². The van der Waals surface area contributed by atoms with Crippen molar-refractivity contribution >= 4 is 33.5 Å². The van der Waals surface area contributed by atoms with Gasteiger partial charge in [-0.3, -0.25) is 8.42 Å². The van der Waals surface area contributed by atoms with E-state index in [1.165, 1.54) is 0 Å². The molecule has 0 aliphatic carbocycles. The molecule has 0 rings (SSSR count). The summed E-state index contributed by atoms with van der Waals surface area (Å²) in [7, 11) is -5.17. The standard InChI is InChI=1S/Li.Mg.H2O4S.H/c;;1-5(2,3)4;/h;;(H2,1,2,3,4);/q+1;+2;;-1/p-2. The Morgan fingerprint density at radius 2 is 1.29 bits per heavy atom. The summed E-state index contributed by atoms with van der Waals surface area (Å²) in [6, 6.07) is 0. The summed E-state index contributed by atoms with van der Waals surface area (Å²) in [5.74, 6) is 0. The topological polar surface area (TPSA) is 80.3 Å². The summed E-state index contributed by atoms with van der Waals surface area (Å²) in [6.45, 7) is 0. The Morgan fingerprint density at radius 1 is 1.29 bits per heavy atom. The second-order valence-electron chi connectivity index (χ2n) is 0.408. The maximum Gasteiger partial charge on any atom is 2.00 e. The Morgan fingerprint density at radius 3 is 1.29 bits per heavy atom. The normalized spacial score (nSPS) is 8.29. The molecule has 0 saturated carbocycles. The zero-order valence-corrected chi connectivity index (χ0v) is 5.98. The van der Waals surface area contributed by atoms with Gasteiger partial charge >= 0.3 is 41.9 Å². The SMILES string of the molecule is O=S(=O)([O-])[O-].[H-].[Li+].[Mg+2]. The summed E-state index contributed by atoms with van der Waals surface area (Å²) in [5, 5.41) is 0. The first kappa shape index (κ1) is 15.7. The largest absolute Gasteiger partial charge is 2.00 e. The first-order valence-electron chi connectivity index (χ1n) is 0.667. The molecule has 0 aliphatic rings. The molecule has 7 heteroatoms. The summed E-state index contributed by atoms with van der Waals surface area (Å²) in [4.78, 5) is 0. The van der Waals surface area contributed by atoms with E-state index in [1.54, 1.807) is 0 Å². The molecule has 0 N–H and O–H groups in total. The Kier molecular flexibility index (Phi) is 12.1. The molecule has 0 aromatic heterocycles. The van der Waals surface area contributed by atoms with Crippen LogP contribution in [0.2, 0.25) is 0 Å². The molecule has 0 amide bonds. The van der Waals surface area contributed by atoms with Crippen molar-refractivity contribution in [3.05, 3.63) is 0 Å². The van der Waals surface area contributed by atoms with Crippen LogP contribution in [-0.4, -0.2) is 40.6 Å². The molecule has 7 heavy (non-hydrogen) atoms. The summed E-state index contributed by atoms with van der Waals surface area (Å²) in [5.41, 5.74) is 0. The van der Waals surface area contributed by atoms with Crippen LogP contribution >= 0.6 is 0 Å². The molecule has 0 radical (unpaired) electrons. The van der Waals surface area contributed by atoms with Gasteiger partial charge in [0.25, 0.3) is 0 Å². The fourth-order valence-electron chi connectivity index (χ4n) is 0. The van der Waals surface area contributed by atoms with Crippen LogP contribution in [0.15, 0.2) is 0 Å². The molecule has 0 unspecified atom stereocenters. The monoisotopic (exact) mass is 128 g/mol. The second-order valence-corrected chi connectivity index (χ2v) is 1.22. The predicted octanol–water partition coefficient (Wildman–Crippen LogP) is -4.60. The van der Waals surface area contributed by atoms with Crippen LogP contribution in [-0.2, 0) is 10.4 Å². The van der Waals surface area contributed by atoms with Gasteiger partial charge in [0, 0.05) is 10.4 Å². The minimum Gasteiger partial charge on any atom is -1.00 e. The summed E-state index contributed by atoms with van der Waals surface area (Å²) < 4.78 is 34.1. The molecule has 0 heterocycles. The van der Waals surface area contributed by atoms with Crippen molar-refractivity contribution in [2.24, 2.45) is 0 Å². The average molecular weight is 128 g/mol. The van der Waals surface area contributed by atoms with Crippen molar-refractivity contribution in [2.45, 2.75) is 0 Å². The predicted molar refractivity (Wildman–Crippen MR) is 17.3 cm³/mol. The van der Waals surface area contributed by atoms with Crippen molar-refractivity contribution in [3.8, 4) is 0 Å². The third kappa shape index (κ3) is 130. The maximum absolute atomic E-state index is 8.52. The molecular formula is HLiMgO4S. The fourth-order valence-corrected chi connectivity index (χ4v) is 0. The molecule has 4 nitrogen and oxygen atoms in total. The molecule has 0 atom stereocenters. The van der Waals surface area contributed by atoms with E-state index in [0.29, 0.717) is 0 Å². The van der Waals surface area contributed by atoms with E-state index in [-0.39, 0.29) is 43.3 Å². The van der Waals surface area contributed by atoms with E-state index in [4.69, 9.17) is 17.5 Å². The van der Waals surface area contributed by atoms with E-state index >= 15 is 0 Å². The van der Waals surface area contributed by atoms with E-state index in [1.807, 2.05) is 0 Å². The number of hydrogen-bond donors (Lipinski definition) is 0. The molecule has 0 aromatic carbocycles. The van der Waals surface area contributed by atoms with E-state index in [0.717, 1.165) is 0 Å². The van der Waals surface area contributed by atoms with Gasteiger partial charge in [-0.25, -0.2) is 0 Å². The van der Waals surface area contributed by atoms with Crippen LogP contribution in [0.3, 0.4) is 0 Å². The minimum atomic E-state index is -5.17. The van der Waals surface area contributed by atoms with Crippen LogP contribution in [0.25, 0.3) is 0 Å². The van der Waals surface area contributed by atoms with Gasteiger partial charge in [-0.05, 0) is 0 Å². The molecular weight excluding hydrogens is 127 g/mol. The molecule has 0 fully saturated rings. The van der Waals surface area contributed by atoms with Crippen molar-refractivity contribution in [2.75, 3.05) is 0 Å². The summed E-state index contributed by atoms with van der Waals surface area (Å²) in [6.07, 6.45) is 0. The zero-order chi connectivity index (χ0) is 4.50. The molecule has 34 valence electrons. The van der Waals surface area contributed by atoms with Crippen LogP contribution in [0, 0.1) is 0 Å². The zero-order valence-electron chi connectivity index (χ0n) is 4.75. The van der Waals surface area contributed by atoms with Gasteiger partial charge in [0.2, 0.25) is 0 Å². The van der Waals surface area contributed by atoms with Gasteiger partial charge < -0.3 is 10.5 Å². The van der Waals surface area contributed by atoms with Crippen molar-refractivity contribution in [1.29, 1.82) is 0 Å². The fraction of sp³-hybridized carbons (Fsp3) is 0. The third-order valence-corrected chi connectivity index (χ3v) is 0. The molecule has 0 aromatic rings. The van der Waals surface area contributed by atoms with Crippen LogP contribution < -0.4 is 18.9 Å². The van der Waals surface area contributed by atoms with Gasteiger partial charge in [0.15, 0.2) is 0 Å². The van der Waals surface area contributed by atoms with Gasteiger partial charge in [-0.2, -0.15) is 0 Å². The minimum absolute atomic E-state index is 0. The summed E-state index contributed by atoms with van der Waals surface area (Å²) >= 11 is 0. The average Bonchev–Trinajstić information content (AvgIpc) is 0.722. The maximum atomic E-state index is 8.52. The van der Waals surface area contributed by atoms with Crippen LogP contribution in [0.1, 0.15) is 1.43 Å². The molecule has 0 aliphatic heterocycles. The van der Waals surface area contributed by atoms with E-state index in [9.17, 15) is 0 Å². The third-order valence-electron chi connectivity index (χ3n) is 0. The molecule has 0 saturated heterocycles. The quantitative estimate of drug-likeness (QED) is 0.187. The number of rotatable bonds is 0. The first-order chi connectivity index (χ1) is 2.00. The Hall–Kier alpha value is 1.23. The van der Waals surface area contributed by atoms with Gasteiger partial charge in [-0.15, -0.1) is 0 Å². The number of hydrogen-bond acceptors (Lipinski definition) is 4. The molecule has 0 bridgehead atoms. The Labute approximate surface area is 71.1 Å². The van der Waals surface area contributed by atoms with Crippen molar-refractivity contribution in [1.82, 2.24) is 0 Å². The van der Waals surface area contributed by atoms with Crippen LogP contribution in [0.5, 0.6) is 0 Å². The van der Waals surface area contributed by atoms with Gasteiger partial charge in [0.05, 0.1) is 0 Å². The molecule has 0 spiro atoms. The van der Waals surface area contributed by atoms with E-state index < -0.39 is 10.4 Å². The smallest absolute Gasteiger partial charge is 1.00 e. The van der Waals surface area contributed by atoms with Crippen molar-refractivity contribution in [3.63, 3.8) is 0 Å². The van der Waals surface area contributed by atoms with E-state index in [2.05, 4.69) is 0 Å². The van der Waals surface area contributed by atoms with Crippen LogP contribution in [0.4, 0.5) is 0 Å². The second kappa shape index (κ2) is 5.37. The Bertz CT molecular complexity index is 99.2. The van der Waals surface area contributed by atoms with Crippen molar-refractivity contribution < 1.29 is 37.8 Å². The first-order valence-corrected chi connectivity index (χ1v) is 2.00. The van der Waals surface area contributed by atoms with Gasteiger partial charge in [0.1, 0.15) is 0 Å². The Balaban J connectivity index is -0.0000000267.